The molecule has 4 atom stereocenters. The van der Waals surface area contributed by atoms with Crippen molar-refractivity contribution in [3.8, 4) is 0 Å². The number of nitrogens with one attached hydrogen (secondary N) is 1. The molecule has 0 radical (unpaired) electrons. The highest BCUT2D eigenvalue weighted by atomic mass is 32.1. The molecule has 0 saturated heterocycles. The van der Waals surface area contributed by atoms with E-state index in [2.05, 4.69) is 10.3 Å². The number of carbonyl (C=O) groups is 4. The van der Waals surface area contributed by atoms with Crippen LogP contribution in [0.2, 0.25) is 0 Å². The van der Waals surface area contributed by atoms with Crippen LogP contribution in [0.5, 0.6) is 0 Å². The van der Waals surface area contributed by atoms with Crippen molar-refractivity contribution in [2.45, 2.75) is 78.0 Å². The van der Waals surface area contributed by atoms with Crippen LogP contribution in [-0.4, -0.2) is 57.9 Å². The van der Waals surface area contributed by atoms with Gasteiger partial charge < -0.3 is 20.1 Å². The molecule has 0 bridgehead atoms. The maximum Gasteiger partial charge on any atom is 0.306 e. The first-order chi connectivity index (χ1) is 19.2. The average molecular weight is 594 g/mol. The van der Waals surface area contributed by atoms with Crippen molar-refractivity contribution in [3.05, 3.63) is 51.5 Å². The molecule has 41 heavy (non-hydrogen) atoms. The number of carboxylic acids is 1. The maximum atomic E-state index is 13.8. The van der Waals surface area contributed by atoms with E-state index in [0.29, 0.717) is 11.4 Å². The summed E-state index contributed by atoms with van der Waals surface area (Å²) in [6.07, 6.45) is 1.26. The fourth-order valence-corrected chi connectivity index (χ4v) is 5.65. The molecule has 12 heteroatoms. The van der Waals surface area contributed by atoms with E-state index in [9.17, 15) is 33.1 Å². The molecule has 224 valence electrons. The second kappa shape index (κ2) is 14.0. The summed E-state index contributed by atoms with van der Waals surface area (Å²) in [6, 6.07) is 2.01. The number of benzene rings is 1. The zero-order valence-electron chi connectivity index (χ0n) is 23.9. The van der Waals surface area contributed by atoms with E-state index in [1.807, 2.05) is 13.8 Å². The third-order valence-electron chi connectivity index (χ3n) is 7.13. The second-order valence-electron chi connectivity index (χ2n) is 11.1. The van der Waals surface area contributed by atoms with E-state index in [4.69, 9.17) is 4.74 Å². The van der Waals surface area contributed by atoms with Gasteiger partial charge in [0.2, 0.25) is 5.91 Å². The molecule has 2 N–H and O–H groups in total. The topological polar surface area (TPSA) is 126 Å². The molecule has 0 spiro atoms. The highest BCUT2D eigenvalue weighted by Gasteiger charge is 2.37. The van der Waals surface area contributed by atoms with Crippen molar-refractivity contribution in [2.24, 2.45) is 17.8 Å². The Bertz CT molecular complexity index is 1240. The van der Waals surface area contributed by atoms with Crippen molar-refractivity contribution >= 4 is 35.1 Å². The summed E-state index contributed by atoms with van der Waals surface area (Å²) in [5.41, 5.74) is 0.299. The Kier molecular flexibility index (Phi) is 10.9. The predicted octanol–water partition coefficient (Wildman–Crippen LogP) is 4.76. The van der Waals surface area contributed by atoms with Crippen molar-refractivity contribution < 1.29 is 37.8 Å². The number of aliphatic carboxylic acids is 1. The van der Waals surface area contributed by atoms with Gasteiger partial charge in [0.25, 0.3) is 5.91 Å². The van der Waals surface area contributed by atoms with Gasteiger partial charge >= 0.3 is 11.9 Å². The number of hydrogen-bond acceptors (Lipinski definition) is 7. The quantitative estimate of drug-likeness (QED) is 0.303. The normalized spacial score (nSPS) is 16.0. The van der Waals surface area contributed by atoms with Gasteiger partial charge in [-0.1, -0.05) is 20.8 Å². The van der Waals surface area contributed by atoms with Crippen LogP contribution in [0.3, 0.4) is 0 Å². The van der Waals surface area contributed by atoms with Crippen LogP contribution >= 0.6 is 11.3 Å². The second-order valence-corrected chi connectivity index (χ2v) is 12.0. The Morgan fingerprint density at radius 2 is 1.76 bits per heavy atom. The Hall–Kier alpha value is -3.41. The molecule has 3 rings (SSSR count). The molecule has 0 aliphatic heterocycles. The van der Waals surface area contributed by atoms with E-state index < -0.39 is 47.5 Å². The Morgan fingerprint density at radius 1 is 1.12 bits per heavy atom. The van der Waals surface area contributed by atoms with E-state index in [-0.39, 0.29) is 47.9 Å². The number of hydrogen-bond donors (Lipinski definition) is 2. The van der Waals surface area contributed by atoms with Crippen LogP contribution in [0.1, 0.15) is 80.5 Å². The number of amides is 2. The Balaban J connectivity index is 1.79. The van der Waals surface area contributed by atoms with E-state index in [1.165, 1.54) is 19.2 Å². The molecule has 1 saturated carbocycles. The van der Waals surface area contributed by atoms with Gasteiger partial charge in [-0.2, -0.15) is 0 Å². The summed E-state index contributed by atoms with van der Waals surface area (Å²) < 4.78 is 33.1. The van der Waals surface area contributed by atoms with Crippen LogP contribution < -0.4 is 5.32 Å². The summed E-state index contributed by atoms with van der Waals surface area (Å²) in [7, 11) is 1.75. The number of esters is 1. The zero-order chi connectivity index (χ0) is 30.4. The van der Waals surface area contributed by atoms with Gasteiger partial charge in [-0.05, 0) is 49.3 Å². The SMILES string of the molecule is CC(=O)OC(CC(C(C)C)N(C)C(=O)C1CC1)c1nc(C(=O)NC(Cc2cc(F)cc(F)c2)CC(C)C(=O)O)cs1. The number of nitrogens with zero attached hydrogens (tertiary/aromatic N) is 2. The number of thiazole rings is 1. The fraction of sp³-hybridized carbons (Fsp3) is 0.552. The third kappa shape index (κ3) is 9.31. The molecular weight excluding hydrogens is 556 g/mol. The molecule has 1 aliphatic rings. The lowest BCUT2D eigenvalue weighted by Gasteiger charge is -2.33. The number of aromatic nitrogens is 1. The zero-order valence-corrected chi connectivity index (χ0v) is 24.7. The number of carbonyl (C=O) groups excluding carboxylic acids is 3. The van der Waals surface area contributed by atoms with Gasteiger partial charge in [0, 0.05) is 49.8 Å². The van der Waals surface area contributed by atoms with Crippen LogP contribution in [0.4, 0.5) is 8.78 Å². The monoisotopic (exact) mass is 593 g/mol. The first kappa shape index (κ1) is 32.1. The number of ether oxygens (including phenoxy) is 1. The highest BCUT2D eigenvalue weighted by molar-refractivity contribution is 7.09. The summed E-state index contributed by atoms with van der Waals surface area (Å²) in [5.74, 6) is -4.43. The van der Waals surface area contributed by atoms with E-state index >= 15 is 0 Å². The third-order valence-corrected chi connectivity index (χ3v) is 8.07. The number of carboxylic acid groups (broad SMARTS) is 1. The minimum absolute atomic E-state index is 0.00251. The predicted molar refractivity (Wildman–Crippen MR) is 148 cm³/mol. The summed E-state index contributed by atoms with van der Waals surface area (Å²) >= 11 is 1.13. The molecule has 1 aromatic carbocycles. The Labute approximate surface area is 242 Å². The molecule has 1 fully saturated rings. The van der Waals surface area contributed by atoms with Gasteiger partial charge in [-0.25, -0.2) is 13.8 Å². The summed E-state index contributed by atoms with van der Waals surface area (Å²) in [4.78, 5) is 55.5. The Morgan fingerprint density at radius 3 is 2.29 bits per heavy atom. The minimum atomic E-state index is -1.07. The lowest BCUT2D eigenvalue weighted by atomic mass is 9.95. The van der Waals surface area contributed by atoms with Crippen molar-refractivity contribution in [1.29, 1.82) is 0 Å². The van der Waals surface area contributed by atoms with Crippen LogP contribution in [0.25, 0.3) is 0 Å². The van der Waals surface area contributed by atoms with Crippen molar-refractivity contribution in [1.82, 2.24) is 15.2 Å². The first-order valence-electron chi connectivity index (χ1n) is 13.6. The molecule has 2 aromatic rings. The molecule has 9 nitrogen and oxygen atoms in total. The molecule has 4 unspecified atom stereocenters. The van der Waals surface area contributed by atoms with Gasteiger partial charge in [0.05, 0.1) is 5.92 Å². The standard InChI is InChI=1S/C29H37F2N3O6S/c1-15(2)24(34(5)28(37)19-6-7-19)13-25(40-17(4)35)27-33-23(14-41-27)26(36)32-22(8-16(3)29(38)39)11-18-9-20(30)12-21(31)10-18/h9-10,12,14-16,19,22,24-25H,6-8,11,13H2,1-5H3,(H,32,36)(H,38,39). The average Bonchev–Trinajstić information content (AvgIpc) is 3.60. The largest absolute Gasteiger partial charge is 0.481 e. The molecule has 2 amide bonds. The van der Waals surface area contributed by atoms with Gasteiger partial charge in [-0.3, -0.25) is 19.2 Å². The minimum Gasteiger partial charge on any atom is -0.481 e. The van der Waals surface area contributed by atoms with Gasteiger partial charge in [0.1, 0.15) is 22.3 Å². The van der Waals surface area contributed by atoms with E-state index in [0.717, 1.165) is 42.4 Å². The molecule has 1 heterocycles. The number of halogens is 2. The van der Waals surface area contributed by atoms with Gasteiger partial charge in [0.15, 0.2) is 6.10 Å². The highest BCUT2D eigenvalue weighted by Crippen LogP contribution is 2.35. The maximum absolute atomic E-state index is 13.8. The summed E-state index contributed by atoms with van der Waals surface area (Å²) in [5, 5.41) is 14.0. The van der Waals surface area contributed by atoms with Crippen molar-refractivity contribution in [3.63, 3.8) is 0 Å². The van der Waals surface area contributed by atoms with Crippen LogP contribution in [0.15, 0.2) is 23.6 Å². The van der Waals surface area contributed by atoms with Crippen LogP contribution in [-0.2, 0) is 25.5 Å². The van der Waals surface area contributed by atoms with Gasteiger partial charge in [-0.15, -0.1) is 11.3 Å². The molecule has 1 aliphatic carbocycles. The number of rotatable bonds is 14. The van der Waals surface area contributed by atoms with E-state index in [1.54, 1.807) is 11.9 Å². The smallest absolute Gasteiger partial charge is 0.306 e. The summed E-state index contributed by atoms with van der Waals surface area (Å²) in [6.45, 7) is 6.72. The van der Waals surface area contributed by atoms with Crippen LogP contribution in [0, 0.1) is 29.4 Å². The van der Waals surface area contributed by atoms with Crippen molar-refractivity contribution in [2.75, 3.05) is 7.05 Å². The first-order valence-corrected chi connectivity index (χ1v) is 14.5. The molecule has 1 aromatic heterocycles. The fourth-order valence-electron chi connectivity index (χ4n) is 4.81. The lowest BCUT2D eigenvalue weighted by molar-refractivity contribution is -0.148. The lowest BCUT2D eigenvalue weighted by Crippen LogP contribution is -2.42. The molecular formula is C29H37F2N3O6S.